The van der Waals surface area contributed by atoms with Gasteiger partial charge in [0.25, 0.3) is 5.91 Å². The van der Waals surface area contributed by atoms with Gasteiger partial charge in [-0.2, -0.15) is 0 Å². The second-order valence-electron chi connectivity index (χ2n) is 4.83. The Morgan fingerprint density at radius 3 is 2.65 bits per heavy atom. The average molecular weight is 428 g/mol. The molecule has 1 aromatic carbocycles. The van der Waals surface area contributed by atoms with Crippen molar-refractivity contribution in [3.8, 4) is 5.75 Å². The van der Waals surface area contributed by atoms with Crippen molar-refractivity contribution in [1.29, 1.82) is 0 Å². The fourth-order valence-electron chi connectivity index (χ4n) is 1.77. The number of carbonyl (C=O) groups is 2. The van der Waals surface area contributed by atoms with Crippen LogP contribution in [0.15, 0.2) is 47.1 Å². The maximum atomic E-state index is 11.9. The minimum Gasteiger partial charge on any atom is -0.484 e. The quantitative estimate of drug-likeness (QED) is 0.662. The van der Waals surface area contributed by atoms with Crippen molar-refractivity contribution >= 4 is 34.4 Å². The van der Waals surface area contributed by atoms with Crippen molar-refractivity contribution in [3.63, 3.8) is 0 Å². The van der Waals surface area contributed by atoms with E-state index in [4.69, 9.17) is 9.15 Å². The zero-order valence-electron chi connectivity index (χ0n) is 12.5. The van der Waals surface area contributed by atoms with Crippen molar-refractivity contribution in [1.82, 2.24) is 10.6 Å². The molecule has 1 unspecified atom stereocenters. The minimum absolute atomic E-state index is 0.142. The molecule has 0 aliphatic carbocycles. The van der Waals surface area contributed by atoms with E-state index in [1.165, 1.54) is 6.26 Å². The molecule has 0 fully saturated rings. The Labute approximate surface area is 147 Å². The van der Waals surface area contributed by atoms with Crippen molar-refractivity contribution in [2.45, 2.75) is 19.5 Å². The summed E-state index contributed by atoms with van der Waals surface area (Å²) in [5, 5.41) is 5.26. The number of furan rings is 1. The average Bonchev–Trinajstić information content (AvgIpc) is 3.05. The predicted octanol–water partition coefficient (Wildman–Crippen LogP) is 2.08. The van der Waals surface area contributed by atoms with Crippen LogP contribution in [0.4, 0.5) is 0 Å². The summed E-state index contributed by atoms with van der Waals surface area (Å²) in [6, 6.07) is 10.2. The fourth-order valence-corrected chi connectivity index (χ4v) is 2.13. The third-order valence-corrected chi connectivity index (χ3v) is 3.69. The smallest absolute Gasteiger partial charge is 0.258 e. The molecule has 2 aromatic rings. The Balaban J connectivity index is 1.71. The molecular weight excluding hydrogens is 411 g/mol. The molecule has 2 amide bonds. The van der Waals surface area contributed by atoms with Crippen LogP contribution in [0.1, 0.15) is 12.7 Å². The van der Waals surface area contributed by atoms with Crippen LogP contribution in [-0.2, 0) is 16.1 Å². The number of benzene rings is 1. The van der Waals surface area contributed by atoms with Gasteiger partial charge in [-0.1, -0.05) is 0 Å². The number of hydrogen-bond acceptors (Lipinski definition) is 4. The first-order chi connectivity index (χ1) is 11.0. The summed E-state index contributed by atoms with van der Waals surface area (Å²) in [4.78, 5) is 23.7. The van der Waals surface area contributed by atoms with Crippen molar-refractivity contribution in [3.05, 3.63) is 52.0 Å². The molecule has 1 aromatic heterocycles. The molecule has 23 heavy (non-hydrogen) atoms. The molecule has 0 radical (unpaired) electrons. The van der Waals surface area contributed by atoms with Crippen molar-refractivity contribution in [2.24, 2.45) is 0 Å². The second kappa shape index (κ2) is 8.56. The van der Waals surface area contributed by atoms with E-state index in [0.717, 1.165) is 3.57 Å². The van der Waals surface area contributed by atoms with Gasteiger partial charge in [0, 0.05) is 3.57 Å². The third-order valence-electron chi connectivity index (χ3n) is 2.97. The standard InChI is InChI=1S/C16H17IN2O4/c1-11(16(21)18-9-14-3-2-8-22-14)19-15(20)10-23-13-6-4-12(17)5-7-13/h2-8,11H,9-10H2,1H3,(H,18,21)(H,19,20). The zero-order chi connectivity index (χ0) is 16.7. The first-order valence-corrected chi connectivity index (χ1v) is 8.10. The summed E-state index contributed by atoms with van der Waals surface area (Å²) in [6.07, 6.45) is 1.54. The largest absolute Gasteiger partial charge is 0.484 e. The van der Waals surface area contributed by atoms with Gasteiger partial charge < -0.3 is 19.8 Å². The Kier molecular flexibility index (Phi) is 6.45. The van der Waals surface area contributed by atoms with E-state index in [0.29, 0.717) is 11.5 Å². The topological polar surface area (TPSA) is 80.6 Å². The lowest BCUT2D eigenvalue weighted by molar-refractivity contribution is -0.129. The molecule has 0 saturated carbocycles. The molecule has 6 nitrogen and oxygen atoms in total. The Morgan fingerprint density at radius 2 is 2.00 bits per heavy atom. The number of ether oxygens (including phenoxy) is 1. The van der Waals surface area contributed by atoms with Gasteiger partial charge >= 0.3 is 0 Å². The lowest BCUT2D eigenvalue weighted by Gasteiger charge is -2.14. The second-order valence-corrected chi connectivity index (χ2v) is 6.07. The number of hydrogen-bond donors (Lipinski definition) is 2. The zero-order valence-corrected chi connectivity index (χ0v) is 14.7. The van der Waals surface area contributed by atoms with Gasteiger partial charge in [0.1, 0.15) is 17.6 Å². The number of amides is 2. The van der Waals surface area contributed by atoms with Crippen LogP contribution in [0.2, 0.25) is 0 Å². The van der Waals surface area contributed by atoms with E-state index in [2.05, 4.69) is 33.2 Å². The summed E-state index contributed by atoms with van der Waals surface area (Å²) in [5.74, 6) is 0.614. The van der Waals surface area contributed by atoms with Gasteiger partial charge in [0.15, 0.2) is 6.61 Å². The maximum Gasteiger partial charge on any atom is 0.258 e. The molecule has 1 atom stereocenters. The number of halogens is 1. The van der Waals surface area contributed by atoms with Gasteiger partial charge in [-0.25, -0.2) is 0 Å². The molecule has 0 aliphatic heterocycles. The van der Waals surface area contributed by atoms with E-state index in [-0.39, 0.29) is 25.0 Å². The summed E-state index contributed by atoms with van der Waals surface area (Å²) in [5.41, 5.74) is 0. The minimum atomic E-state index is -0.655. The molecule has 1 heterocycles. The molecule has 0 saturated heterocycles. The molecule has 2 rings (SSSR count). The van der Waals surface area contributed by atoms with Crippen LogP contribution >= 0.6 is 22.6 Å². The predicted molar refractivity (Wildman–Crippen MR) is 92.8 cm³/mol. The van der Waals surface area contributed by atoms with Crippen molar-refractivity contribution in [2.75, 3.05) is 6.61 Å². The van der Waals surface area contributed by atoms with E-state index >= 15 is 0 Å². The van der Waals surface area contributed by atoms with E-state index in [9.17, 15) is 9.59 Å². The highest BCUT2D eigenvalue weighted by atomic mass is 127. The fraction of sp³-hybridized carbons (Fsp3) is 0.250. The molecule has 0 aliphatic rings. The highest BCUT2D eigenvalue weighted by molar-refractivity contribution is 14.1. The summed E-state index contributed by atoms with van der Waals surface area (Å²) >= 11 is 2.19. The summed E-state index contributed by atoms with van der Waals surface area (Å²) in [7, 11) is 0. The van der Waals surface area contributed by atoms with E-state index in [1.54, 1.807) is 31.2 Å². The Hall–Kier alpha value is -2.03. The van der Waals surface area contributed by atoms with E-state index < -0.39 is 6.04 Å². The van der Waals surface area contributed by atoms with Crippen LogP contribution < -0.4 is 15.4 Å². The maximum absolute atomic E-state index is 11.9. The molecule has 0 bridgehead atoms. The van der Waals surface area contributed by atoms with E-state index in [1.807, 2.05) is 12.1 Å². The lowest BCUT2D eigenvalue weighted by atomic mass is 10.3. The van der Waals surface area contributed by atoms with Gasteiger partial charge in [-0.15, -0.1) is 0 Å². The van der Waals surface area contributed by atoms with Crippen LogP contribution in [0, 0.1) is 3.57 Å². The molecule has 122 valence electrons. The third kappa shape index (κ3) is 5.93. The lowest BCUT2D eigenvalue weighted by Crippen LogP contribution is -2.46. The number of carbonyl (C=O) groups excluding carboxylic acids is 2. The highest BCUT2D eigenvalue weighted by Crippen LogP contribution is 2.13. The Bertz CT molecular complexity index is 641. The first kappa shape index (κ1) is 17.3. The molecule has 0 spiro atoms. The van der Waals surface area contributed by atoms with Crippen molar-refractivity contribution < 1.29 is 18.7 Å². The summed E-state index contributed by atoms with van der Waals surface area (Å²) < 4.78 is 11.6. The monoisotopic (exact) mass is 428 g/mol. The number of rotatable bonds is 7. The normalized spacial score (nSPS) is 11.6. The Morgan fingerprint density at radius 1 is 1.26 bits per heavy atom. The van der Waals surface area contributed by atoms with Crippen LogP contribution in [0.5, 0.6) is 5.75 Å². The van der Waals surface area contributed by atoms with Crippen LogP contribution in [-0.4, -0.2) is 24.5 Å². The number of nitrogens with one attached hydrogen (secondary N) is 2. The van der Waals surface area contributed by atoms with Gasteiger partial charge in [0.05, 0.1) is 12.8 Å². The van der Waals surface area contributed by atoms with Gasteiger partial charge in [-0.05, 0) is 65.9 Å². The van der Waals surface area contributed by atoms with Crippen LogP contribution in [0.25, 0.3) is 0 Å². The highest BCUT2D eigenvalue weighted by Gasteiger charge is 2.15. The molecule has 7 heteroatoms. The molecular formula is C16H17IN2O4. The summed E-state index contributed by atoms with van der Waals surface area (Å²) in [6.45, 7) is 1.75. The first-order valence-electron chi connectivity index (χ1n) is 7.02. The van der Waals surface area contributed by atoms with Crippen LogP contribution in [0.3, 0.4) is 0 Å². The van der Waals surface area contributed by atoms with Gasteiger partial charge in [-0.3, -0.25) is 9.59 Å². The molecule has 2 N–H and O–H groups in total. The SMILES string of the molecule is CC(NC(=O)COc1ccc(I)cc1)C(=O)NCc1ccco1. The van der Waals surface area contributed by atoms with Gasteiger partial charge in [0.2, 0.25) is 5.91 Å².